The van der Waals surface area contributed by atoms with E-state index in [1.165, 1.54) is 7.11 Å². The van der Waals surface area contributed by atoms with E-state index in [1.807, 2.05) is 0 Å². The summed E-state index contributed by atoms with van der Waals surface area (Å²) in [5, 5.41) is 6.09. The zero-order valence-electron chi connectivity index (χ0n) is 13.5. The molecule has 2 atom stereocenters. The second-order valence-electron chi connectivity index (χ2n) is 6.46. The van der Waals surface area contributed by atoms with Crippen molar-refractivity contribution in [3.63, 3.8) is 0 Å². The molecule has 24 heavy (non-hydrogen) atoms. The van der Waals surface area contributed by atoms with Gasteiger partial charge in [0.1, 0.15) is 5.75 Å². The Kier molecular flexibility index (Phi) is 3.70. The van der Waals surface area contributed by atoms with E-state index < -0.39 is 0 Å². The first kappa shape index (κ1) is 15.1. The van der Waals surface area contributed by atoms with Crippen molar-refractivity contribution in [2.75, 3.05) is 13.9 Å². The third-order valence-electron chi connectivity index (χ3n) is 4.83. The van der Waals surface area contributed by atoms with Crippen LogP contribution in [0, 0.1) is 5.92 Å². The summed E-state index contributed by atoms with van der Waals surface area (Å²) in [7, 11) is 1.52. The molecule has 0 spiro atoms. The van der Waals surface area contributed by atoms with Crippen molar-refractivity contribution >= 4 is 11.8 Å². The number of hydrogen-bond donors (Lipinski definition) is 2. The van der Waals surface area contributed by atoms with Crippen molar-refractivity contribution in [2.45, 2.75) is 37.8 Å². The minimum atomic E-state index is -0.225. The molecule has 7 nitrogen and oxygen atoms in total. The van der Waals surface area contributed by atoms with E-state index in [9.17, 15) is 9.59 Å². The van der Waals surface area contributed by atoms with Gasteiger partial charge in [-0.2, -0.15) is 0 Å². The van der Waals surface area contributed by atoms with Gasteiger partial charge in [0.05, 0.1) is 24.8 Å². The molecule has 1 aromatic carbocycles. The molecule has 2 aliphatic heterocycles. The summed E-state index contributed by atoms with van der Waals surface area (Å²) in [6, 6.07) is 3.27. The van der Waals surface area contributed by atoms with Crippen molar-refractivity contribution < 1.29 is 23.8 Å². The van der Waals surface area contributed by atoms with Gasteiger partial charge in [-0.25, -0.2) is 0 Å². The largest absolute Gasteiger partial charge is 0.496 e. The number of carbonyl (C=O) groups is 2. The highest BCUT2D eigenvalue weighted by Gasteiger charge is 2.40. The summed E-state index contributed by atoms with van der Waals surface area (Å²) < 4.78 is 16.0. The third-order valence-corrected chi connectivity index (χ3v) is 4.83. The molecule has 1 aliphatic carbocycles. The highest BCUT2D eigenvalue weighted by atomic mass is 16.7. The van der Waals surface area contributed by atoms with Crippen LogP contribution in [0.25, 0.3) is 0 Å². The monoisotopic (exact) mass is 332 g/mol. The van der Waals surface area contributed by atoms with Crippen LogP contribution >= 0.6 is 0 Å². The lowest BCUT2D eigenvalue weighted by atomic mass is 9.94. The van der Waals surface area contributed by atoms with Gasteiger partial charge in [0, 0.05) is 18.6 Å². The quantitative estimate of drug-likeness (QED) is 0.866. The molecule has 0 unspecified atom stereocenters. The first-order valence-corrected chi connectivity index (χ1v) is 8.23. The predicted octanol–water partition coefficient (Wildman–Crippen LogP) is 1.21. The zero-order chi connectivity index (χ0) is 16.7. The number of ether oxygens (including phenoxy) is 3. The van der Waals surface area contributed by atoms with Crippen molar-refractivity contribution in [1.29, 1.82) is 0 Å². The normalized spacial score (nSPS) is 25.1. The fourth-order valence-electron chi connectivity index (χ4n) is 3.40. The summed E-state index contributed by atoms with van der Waals surface area (Å²) in [4.78, 5) is 24.4. The number of carbonyl (C=O) groups excluding carboxylic acids is 2. The van der Waals surface area contributed by atoms with Gasteiger partial charge in [-0.05, 0) is 25.2 Å². The molecule has 2 amide bonds. The van der Waals surface area contributed by atoms with Gasteiger partial charge < -0.3 is 24.8 Å². The lowest BCUT2D eigenvalue weighted by Gasteiger charge is -2.33. The van der Waals surface area contributed by atoms with Gasteiger partial charge in [-0.1, -0.05) is 0 Å². The van der Waals surface area contributed by atoms with Crippen LogP contribution in [-0.4, -0.2) is 37.8 Å². The highest BCUT2D eigenvalue weighted by Crippen LogP contribution is 2.39. The molecular weight excluding hydrogens is 312 g/mol. The first-order valence-electron chi connectivity index (χ1n) is 8.23. The number of amides is 2. The van der Waals surface area contributed by atoms with Crippen molar-refractivity contribution in [3.05, 3.63) is 17.7 Å². The van der Waals surface area contributed by atoms with Crippen LogP contribution in [0.5, 0.6) is 17.2 Å². The summed E-state index contributed by atoms with van der Waals surface area (Å²) in [6.45, 7) is 0.141. The Morgan fingerprint density at radius 1 is 1.25 bits per heavy atom. The minimum Gasteiger partial charge on any atom is -0.496 e. The molecule has 0 aromatic heterocycles. The molecule has 2 N–H and O–H groups in total. The Morgan fingerprint density at radius 3 is 2.71 bits per heavy atom. The standard InChI is InChI=1S/C17H20N2O5/c1-22-12-7-14-13(23-8-24-14)6-10(12)17(21)18-11-4-5-15(20)19-16(11)9-2-3-9/h6-7,9,11,16H,2-5,8H2,1H3,(H,18,21)(H,19,20)/t11-,16+/m1/s1. The average molecular weight is 332 g/mol. The molecule has 2 heterocycles. The number of benzene rings is 1. The first-order chi connectivity index (χ1) is 11.7. The van der Waals surface area contributed by atoms with Crippen LogP contribution in [0.2, 0.25) is 0 Å². The van der Waals surface area contributed by atoms with E-state index in [-0.39, 0.29) is 30.7 Å². The van der Waals surface area contributed by atoms with Gasteiger partial charge >= 0.3 is 0 Å². The number of nitrogens with one attached hydrogen (secondary N) is 2. The maximum Gasteiger partial charge on any atom is 0.255 e. The Balaban J connectivity index is 1.54. The molecule has 7 heteroatoms. The SMILES string of the molecule is COc1cc2c(cc1C(=O)N[C@@H]1CCC(=O)N[C@H]1C1CC1)OCO2. The predicted molar refractivity (Wildman–Crippen MR) is 84.3 cm³/mol. The van der Waals surface area contributed by atoms with E-state index in [4.69, 9.17) is 14.2 Å². The van der Waals surface area contributed by atoms with E-state index in [0.717, 1.165) is 12.8 Å². The van der Waals surface area contributed by atoms with Crippen LogP contribution in [-0.2, 0) is 4.79 Å². The van der Waals surface area contributed by atoms with Crippen molar-refractivity contribution in [2.24, 2.45) is 5.92 Å². The fraction of sp³-hybridized carbons (Fsp3) is 0.529. The van der Waals surface area contributed by atoms with Crippen LogP contribution < -0.4 is 24.8 Å². The maximum atomic E-state index is 12.8. The molecule has 3 aliphatic rings. The van der Waals surface area contributed by atoms with Gasteiger partial charge in [0.2, 0.25) is 12.7 Å². The number of rotatable bonds is 4. The van der Waals surface area contributed by atoms with E-state index in [0.29, 0.717) is 41.6 Å². The second kappa shape index (κ2) is 5.89. The van der Waals surface area contributed by atoms with Crippen LogP contribution in [0.15, 0.2) is 12.1 Å². The number of fused-ring (bicyclic) bond motifs is 1. The lowest BCUT2D eigenvalue weighted by Crippen LogP contribution is -2.56. The smallest absolute Gasteiger partial charge is 0.255 e. The summed E-state index contributed by atoms with van der Waals surface area (Å²) in [6.07, 6.45) is 3.30. The summed E-state index contributed by atoms with van der Waals surface area (Å²) >= 11 is 0. The molecule has 2 fully saturated rings. The Labute approximate surface area is 139 Å². The summed E-state index contributed by atoms with van der Waals surface area (Å²) in [5.41, 5.74) is 0.410. The highest BCUT2D eigenvalue weighted by molar-refractivity contribution is 5.98. The molecule has 0 bridgehead atoms. The summed E-state index contributed by atoms with van der Waals surface area (Å²) in [5.74, 6) is 1.87. The van der Waals surface area contributed by atoms with Crippen LogP contribution in [0.1, 0.15) is 36.0 Å². The Hall–Kier alpha value is -2.44. The second-order valence-corrected chi connectivity index (χ2v) is 6.46. The number of piperidine rings is 1. The minimum absolute atomic E-state index is 0.0233. The average Bonchev–Trinajstić information content (AvgIpc) is 3.33. The maximum absolute atomic E-state index is 12.8. The third kappa shape index (κ3) is 2.74. The molecule has 0 radical (unpaired) electrons. The number of methoxy groups -OCH3 is 1. The van der Waals surface area contributed by atoms with Gasteiger partial charge in [-0.3, -0.25) is 9.59 Å². The lowest BCUT2D eigenvalue weighted by molar-refractivity contribution is -0.124. The van der Waals surface area contributed by atoms with Gasteiger partial charge in [0.25, 0.3) is 5.91 Å². The van der Waals surface area contributed by atoms with E-state index in [1.54, 1.807) is 12.1 Å². The molecular formula is C17H20N2O5. The molecule has 128 valence electrons. The Morgan fingerprint density at radius 2 is 2.00 bits per heavy atom. The van der Waals surface area contributed by atoms with Crippen molar-refractivity contribution in [1.82, 2.24) is 10.6 Å². The van der Waals surface area contributed by atoms with E-state index in [2.05, 4.69) is 10.6 Å². The van der Waals surface area contributed by atoms with E-state index >= 15 is 0 Å². The van der Waals surface area contributed by atoms with Gasteiger partial charge in [-0.15, -0.1) is 0 Å². The molecule has 4 rings (SSSR count). The Bertz CT molecular complexity index is 686. The molecule has 1 aromatic rings. The van der Waals surface area contributed by atoms with Gasteiger partial charge in [0.15, 0.2) is 11.5 Å². The van der Waals surface area contributed by atoms with Crippen LogP contribution in [0.3, 0.4) is 0 Å². The zero-order valence-corrected chi connectivity index (χ0v) is 13.5. The molecule has 1 saturated heterocycles. The number of hydrogen-bond acceptors (Lipinski definition) is 5. The fourth-order valence-corrected chi connectivity index (χ4v) is 3.40. The van der Waals surface area contributed by atoms with Crippen LogP contribution in [0.4, 0.5) is 0 Å². The topological polar surface area (TPSA) is 85.9 Å². The molecule has 1 saturated carbocycles. The van der Waals surface area contributed by atoms with Crippen molar-refractivity contribution in [3.8, 4) is 17.2 Å².